The van der Waals surface area contributed by atoms with Crippen molar-refractivity contribution < 1.29 is 23.9 Å². The summed E-state index contributed by atoms with van der Waals surface area (Å²) in [5.74, 6) is -0.158. The van der Waals surface area contributed by atoms with Gasteiger partial charge in [0.1, 0.15) is 5.60 Å². The first-order valence-electron chi connectivity index (χ1n) is 12.2. The van der Waals surface area contributed by atoms with Crippen LogP contribution in [0, 0.1) is 5.92 Å². The smallest absolute Gasteiger partial charge is 0.410 e. The van der Waals surface area contributed by atoms with Gasteiger partial charge < -0.3 is 14.5 Å². The summed E-state index contributed by atoms with van der Waals surface area (Å²) in [6.45, 7) is 11.6. The Balaban J connectivity index is 1.60. The highest BCUT2D eigenvalue weighted by Crippen LogP contribution is 2.23. The Morgan fingerprint density at radius 3 is 2.26 bits per heavy atom. The van der Waals surface area contributed by atoms with E-state index in [1.807, 2.05) is 39.5 Å². The van der Waals surface area contributed by atoms with E-state index in [0.29, 0.717) is 25.2 Å². The lowest BCUT2D eigenvalue weighted by Gasteiger charge is -2.37. The summed E-state index contributed by atoms with van der Waals surface area (Å²) in [4.78, 5) is 54.4. The molecule has 2 fully saturated rings. The number of rotatable bonds is 6. The number of benzene rings is 1. The Morgan fingerprint density at radius 1 is 1.09 bits per heavy atom. The van der Waals surface area contributed by atoms with Crippen molar-refractivity contribution in [3.05, 3.63) is 35.4 Å². The number of amides is 4. The van der Waals surface area contributed by atoms with Gasteiger partial charge in [0.25, 0.3) is 5.91 Å². The molecule has 0 N–H and O–H groups in total. The molecule has 4 amide bonds. The van der Waals surface area contributed by atoms with Gasteiger partial charge in [0.05, 0.1) is 6.54 Å². The van der Waals surface area contributed by atoms with E-state index in [1.54, 1.807) is 29.2 Å². The Kier molecular flexibility index (Phi) is 8.00. The zero-order valence-corrected chi connectivity index (χ0v) is 21.0. The number of carbonyl (C=O) groups excluding carboxylic acids is 4. The third kappa shape index (κ3) is 6.58. The number of imide groups is 1. The van der Waals surface area contributed by atoms with Gasteiger partial charge in [-0.15, -0.1) is 0 Å². The van der Waals surface area contributed by atoms with Crippen LogP contribution in [-0.4, -0.2) is 69.8 Å². The fraction of sp³-hybridized carbons (Fsp3) is 0.615. The second kappa shape index (κ2) is 10.6. The first kappa shape index (κ1) is 25.7. The molecule has 1 atom stereocenters. The van der Waals surface area contributed by atoms with Crippen LogP contribution >= 0.6 is 0 Å². The second-order valence-electron chi connectivity index (χ2n) is 10.6. The summed E-state index contributed by atoms with van der Waals surface area (Å²) in [7, 11) is 0. The van der Waals surface area contributed by atoms with Crippen LogP contribution in [0.5, 0.6) is 0 Å². The van der Waals surface area contributed by atoms with E-state index < -0.39 is 5.60 Å². The predicted molar refractivity (Wildman–Crippen MR) is 128 cm³/mol. The number of carbonyl (C=O) groups is 4. The molecule has 2 aliphatic rings. The van der Waals surface area contributed by atoms with Crippen molar-refractivity contribution >= 4 is 23.8 Å². The fourth-order valence-electron chi connectivity index (χ4n) is 4.41. The molecule has 1 aromatic carbocycles. The molecule has 3 rings (SSSR count). The molecule has 2 saturated heterocycles. The minimum Gasteiger partial charge on any atom is -0.444 e. The van der Waals surface area contributed by atoms with Gasteiger partial charge >= 0.3 is 6.09 Å². The van der Waals surface area contributed by atoms with Gasteiger partial charge in [0.2, 0.25) is 11.8 Å². The minimum atomic E-state index is -0.555. The summed E-state index contributed by atoms with van der Waals surface area (Å²) in [5, 5.41) is 0. The van der Waals surface area contributed by atoms with Gasteiger partial charge in [-0.1, -0.05) is 12.1 Å². The van der Waals surface area contributed by atoms with E-state index in [1.165, 1.54) is 4.90 Å². The van der Waals surface area contributed by atoms with Gasteiger partial charge in [-0.25, -0.2) is 4.79 Å². The molecule has 2 heterocycles. The van der Waals surface area contributed by atoms with E-state index in [9.17, 15) is 19.2 Å². The standard InChI is InChI=1S/C26H37N3O5/c1-18(2)28(25(33)34-26(3,4)5)17-20-7-6-14-27(15-20)24(32)21-10-8-19(9-11-21)16-29-22(30)12-13-23(29)31/h8-11,18,20H,6-7,12-17H2,1-5H3/t20-/m1/s1. The maximum absolute atomic E-state index is 13.1. The van der Waals surface area contributed by atoms with E-state index >= 15 is 0 Å². The van der Waals surface area contributed by atoms with E-state index in [-0.39, 0.29) is 55.2 Å². The number of ether oxygens (including phenoxy) is 1. The van der Waals surface area contributed by atoms with E-state index in [0.717, 1.165) is 18.4 Å². The molecule has 186 valence electrons. The van der Waals surface area contributed by atoms with Crippen LogP contribution < -0.4 is 0 Å². The maximum Gasteiger partial charge on any atom is 0.410 e. The Hall–Kier alpha value is -2.90. The van der Waals surface area contributed by atoms with Crippen LogP contribution in [0.4, 0.5) is 4.79 Å². The SMILES string of the molecule is CC(C)N(C[C@@H]1CCCN(C(=O)c2ccc(CN3C(=O)CCC3=O)cc2)C1)C(=O)OC(C)(C)C. The van der Waals surface area contributed by atoms with Crippen molar-refractivity contribution in [1.29, 1.82) is 0 Å². The molecule has 34 heavy (non-hydrogen) atoms. The number of hydrogen-bond donors (Lipinski definition) is 0. The monoisotopic (exact) mass is 471 g/mol. The van der Waals surface area contributed by atoms with Crippen LogP contribution in [0.15, 0.2) is 24.3 Å². The summed E-state index contributed by atoms with van der Waals surface area (Å²) in [6, 6.07) is 7.12. The first-order valence-corrected chi connectivity index (χ1v) is 12.2. The molecule has 0 aliphatic carbocycles. The highest BCUT2D eigenvalue weighted by atomic mass is 16.6. The molecular formula is C26H37N3O5. The molecule has 8 nitrogen and oxygen atoms in total. The van der Waals surface area contributed by atoms with Crippen molar-refractivity contribution in [3.8, 4) is 0 Å². The predicted octanol–water partition coefficient (Wildman–Crippen LogP) is 3.83. The molecule has 2 aliphatic heterocycles. The molecule has 0 spiro atoms. The summed E-state index contributed by atoms with van der Waals surface area (Å²) in [5.41, 5.74) is 0.846. The Bertz CT molecular complexity index is 903. The highest BCUT2D eigenvalue weighted by Gasteiger charge is 2.31. The average Bonchev–Trinajstić information content (AvgIpc) is 3.08. The molecular weight excluding hydrogens is 434 g/mol. The lowest BCUT2D eigenvalue weighted by Crippen LogP contribution is -2.48. The Morgan fingerprint density at radius 2 is 1.71 bits per heavy atom. The normalized spacial score (nSPS) is 19.1. The van der Waals surface area contributed by atoms with Crippen LogP contribution in [0.1, 0.15) is 76.2 Å². The summed E-state index contributed by atoms with van der Waals surface area (Å²) in [6.07, 6.45) is 2.05. The van der Waals surface area contributed by atoms with Crippen molar-refractivity contribution in [3.63, 3.8) is 0 Å². The van der Waals surface area contributed by atoms with Crippen molar-refractivity contribution in [1.82, 2.24) is 14.7 Å². The average molecular weight is 472 g/mol. The lowest BCUT2D eigenvalue weighted by atomic mass is 9.96. The van der Waals surface area contributed by atoms with Crippen molar-refractivity contribution in [2.24, 2.45) is 5.92 Å². The minimum absolute atomic E-state index is 0.00263. The number of piperidine rings is 1. The Labute approximate surface area is 202 Å². The fourth-order valence-corrected chi connectivity index (χ4v) is 4.41. The topological polar surface area (TPSA) is 87.2 Å². The lowest BCUT2D eigenvalue weighted by molar-refractivity contribution is -0.139. The zero-order chi connectivity index (χ0) is 25.0. The quantitative estimate of drug-likeness (QED) is 0.589. The van der Waals surface area contributed by atoms with Crippen molar-refractivity contribution in [2.45, 2.75) is 78.5 Å². The summed E-state index contributed by atoms with van der Waals surface area (Å²) >= 11 is 0. The first-order chi connectivity index (χ1) is 15.9. The van der Waals surface area contributed by atoms with Gasteiger partial charge in [0.15, 0.2) is 0 Å². The molecule has 0 radical (unpaired) electrons. The maximum atomic E-state index is 13.1. The molecule has 0 unspecified atom stereocenters. The number of likely N-dealkylation sites (tertiary alicyclic amines) is 2. The van der Waals surface area contributed by atoms with Crippen LogP contribution in [0.3, 0.4) is 0 Å². The number of hydrogen-bond acceptors (Lipinski definition) is 5. The van der Waals surface area contributed by atoms with Gasteiger partial charge in [-0.3, -0.25) is 19.3 Å². The molecule has 8 heteroatoms. The summed E-state index contributed by atoms with van der Waals surface area (Å²) < 4.78 is 5.58. The van der Waals surface area contributed by atoms with Crippen LogP contribution in [-0.2, 0) is 20.9 Å². The number of nitrogens with zero attached hydrogens (tertiary/aromatic N) is 3. The molecule has 0 aromatic heterocycles. The van der Waals surface area contributed by atoms with E-state index in [4.69, 9.17) is 4.74 Å². The molecule has 0 saturated carbocycles. The highest BCUT2D eigenvalue weighted by molar-refractivity contribution is 6.01. The van der Waals surface area contributed by atoms with Crippen LogP contribution in [0.2, 0.25) is 0 Å². The van der Waals surface area contributed by atoms with Gasteiger partial charge in [-0.2, -0.15) is 0 Å². The van der Waals surface area contributed by atoms with Gasteiger partial charge in [0, 0.05) is 44.1 Å². The second-order valence-corrected chi connectivity index (χ2v) is 10.6. The zero-order valence-electron chi connectivity index (χ0n) is 21.0. The third-order valence-corrected chi connectivity index (χ3v) is 6.21. The van der Waals surface area contributed by atoms with Gasteiger partial charge in [-0.05, 0) is 71.1 Å². The van der Waals surface area contributed by atoms with Crippen LogP contribution in [0.25, 0.3) is 0 Å². The molecule has 1 aromatic rings. The van der Waals surface area contributed by atoms with Crippen molar-refractivity contribution in [2.75, 3.05) is 19.6 Å². The molecule has 0 bridgehead atoms. The third-order valence-electron chi connectivity index (χ3n) is 6.21. The van der Waals surface area contributed by atoms with E-state index in [2.05, 4.69) is 0 Å². The largest absolute Gasteiger partial charge is 0.444 e.